The van der Waals surface area contributed by atoms with E-state index in [1.165, 1.54) is 11.1 Å². The predicted octanol–water partition coefficient (Wildman–Crippen LogP) is 0.410. The number of carbonyl (C=O) groups excluding carboxylic acids is 1. The first-order valence-electron chi connectivity index (χ1n) is 6.01. The van der Waals surface area contributed by atoms with Gasteiger partial charge in [0.15, 0.2) is 0 Å². The van der Waals surface area contributed by atoms with Crippen molar-refractivity contribution < 1.29 is 9.53 Å². The molecule has 1 amide bonds. The molecule has 2 aliphatic heterocycles. The average Bonchev–Trinajstić information content (AvgIpc) is 2.96. The first-order valence-corrected chi connectivity index (χ1v) is 6.01. The minimum atomic E-state index is -0.211. The maximum absolute atomic E-state index is 11.4. The Balaban J connectivity index is 1.91. The highest BCUT2D eigenvalue weighted by molar-refractivity contribution is 5.78. The van der Waals surface area contributed by atoms with E-state index in [4.69, 9.17) is 10.5 Å². The highest BCUT2D eigenvalue weighted by Crippen LogP contribution is 2.33. The SMILES string of the molecule is NC(=O)C1CNCC1c1ccc2c(c1)CCO2. The summed E-state index contributed by atoms with van der Waals surface area (Å²) in [6, 6.07) is 6.22. The lowest BCUT2D eigenvalue weighted by molar-refractivity contribution is -0.121. The molecule has 2 heterocycles. The molecular weight excluding hydrogens is 216 g/mol. The zero-order chi connectivity index (χ0) is 11.8. The maximum atomic E-state index is 11.4. The lowest BCUT2D eigenvalue weighted by Gasteiger charge is -2.16. The van der Waals surface area contributed by atoms with E-state index in [1.54, 1.807) is 0 Å². The molecule has 0 spiro atoms. The van der Waals surface area contributed by atoms with Gasteiger partial charge in [-0.3, -0.25) is 4.79 Å². The van der Waals surface area contributed by atoms with E-state index in [9.17, 15) is 4.79 Å². The molecule has 17 heavy (non-hydrogen) atoms. The molecule has 3 rings (SSSR count). The van der Waals surface area contributed by atoms with Crippen molar-refractivity contribution in [2.45, 2.75) is 12.3 Å². The van der Waals surface area contributed by atoms with Gasteiger partial charge in [-0.25, -0.2) is 0 Å². The van der Waals surface area contributed by atoms with Crippen LogP contribution in [0.1, 0.15) is 17.0 Å². The second kappa shape index (κ2) is 4.04. The second-order valence-electron chi connectivity index (χ2n) is 4.74. The Morgan fingerprint density at radius 2 is 2.29 bits per heavy atom. The van der Waals surface area contributed by atoms with E-state index >= 15 is 0 Å². The molecule has 4 heteroatoms. The summed E-state index contributed by atoms with van der Waals surface area (Å²) in [7, 11) is 0. The second-order valence-corrected chi connectivity index (χ2v) is 4.74. The minimum absolute atomic E-state index is 0.0876. The van der Waals surface area contributed by atoms with Crippen molar-refractivity contribution >= 4 is 5.91 Å². The van der Waals surface area contributed by atoms with Crippen LogP contribution in [0.25, 0.3) is 0 Å². The normalized spacial score (nSPS) is 26.6. The van der Waals surface area contributed by atoms with Crippen molar-refractivity contribution in [2.24, 2.45) is 11.7 Å². The molecule has 0 aromatic heterocycles. The number of primary amides is 1. The highest BCUT2D eigenvalue weighted by Gasteiger charge is 2.33. The number of amides is 1. The fourth-order valence-corrected chi connectivity index (χ4v) is 2.77. The first-order chi connectivity index (χ1) is 8.25. The van der Waals surface area contributed by atoms with Crippen LogP contribution in [0.3, 0.4) is 0 Å². The number of fused-ring (bicyclic) bond motifs is 1. The van der Waals surface area contributed by atoms with Gasteiger partial charge in [0.05, 0.1) is 12.5 Å². The molecule has 1 aromatic rings. The summed E-state index contributed by atoms with van der Waals surface area (Å²) in [5, 5.41) is 3.24. The summed E-state index contributed by atoms with van der Waals surface area (Å²) >= 11 is 0. The molecule has 0 saturated carbocycles. The van der Waals surface area contributed by atoms with Crippen LogP contribution in [0.5, 0.6) is 5.75 Å². The van der Waals surface area contributed by atoms with Gasteiger partial charge in [0.2, 0.25) is 5.91 Å². The van der Waals surface area contributed by atoms with E-state index in [0.717, 1.165) is 25.3 Å². The Morgan fingerprint density at radius 1 is 1.41 bits per heavy atom. The third-order valence-corrected chi connectivity index (χ3v) is 3.72. The van der Waals surface area contributed by atoms with E-state index < -0.39 is 0 Å². The van der Waals surface area contributed by atoms with Crippen LogP contribution in [-0.2, 0) is 11.2 Å². The van der Waals surface area contributed by atoms with Crippen LogP contribution in [-0.4, -0.2) is 25.6 Å². The number of nitrogens with one attached hydrogen (secondary N) is 1. The third-order valence-electron chi connectivity index (χ3n) is 3.72. The van der Waals surface area contributed by atoms with Crippen molar-refractivity contribution in [3.8, 4) is 5.75 Å². The molecule has 2 aliphatic rings. The molecule has 2 unspecified atom stereocenters. The quantitative estimate of drug-likeness (QED) is 0.776. The van der Waals surface area contributed by atoms with Gasteiger partial charge in [-0.05, 0) is 17.2 Å². The minimum Gasteiger partial charge on any atom is -0.493 e. The predicted molar refractivity (Wildman–Crippen MR) is 63.9 cm³/mol. The molecule has 1 saturated heterocycles. The van der Waals surface area contributed by atoms with Crippen LogP contribution in [0, 0.1) is 5.92 Å². The van der Waals surface area contributed by atoms with E-state index in [1.807, 2.05) is 6.07 Å². The van der Waals surface area contributed by atoms with Crippen LogP contribution >= 0.6 is 0 Å². The lowest BCUT2D eigenvalue weighted by Crippen LogP contribution is -2.28. The van der Waals surface area contributed by atoms with Gasteiger partial charge in [-0.1, -0.05) is 12.1 Å². The molecule has 2 atom stereocenters. The molecule has 0 bridgehead atoms. The highest BCUT2D eigenvalue weighted by atomic mass is 16.5. The standard InChI is InChI=1S/C13H16N2O2/c14-13(16)11-7-15-6-10(11)8-1-2-12-9(5-8)3-4-17-12/h1-2,5,10-11,15H,3-4,6-7H2,(H2,14,16). The lowest BCUT2D eigenvalue weighted by atomic mass is 9.87. The zero-order valence-electron chi connectivity index (χ0n) is 9.61. The summed E-state index contributed by atoms with van der Waals surface area (Å²) in [4.78, 5) is 11.4. The Hall–Kier alpha value is -1.55. The fraction of sp³-hybridized carbons (Fsp3) is 0.462. The van der Waals surface area contributed by atoms with Gasteiger partial charge in [0, 0.05) is 25.4 Å². The van der Waals surface area contributed by atoms with Crippen molar-refractivity contribution in [1.29, 1.82) is 0 Å². The molecule has 1 fully saturated rings. The van der Waals surface area contributed by atoms with E-state index in [0.29, 0.717) is 6.54 Å². The van der Waals surface area contributed by atoms with Crippen LogP contribution in [0.2, 0.25) is 0 Å². The van der Waals surface area contributed by atoms with Gasteiger partial charge >= 0.3 is 0 Å². The summed E-state index contributed by atoms with van der Waals surface area (Å²) in [6.07, 6.45) is 0.963. The largest absolute Gasteiger partial charge is 0.493 e. The summed E-state index contributed by atoms with van der Waals surface area (Å²) in [5.74, 6) is 0.890. The molecular formula is C13H16N2O2. The Morgan fingerprint density at radius 3 is 3.12 bits per heavy atom. The molecule has 1 aromatic carbocycles. The monoisotopic (exact) mass is 232 g/mol. The molecule has 4 nitrogen and oxygen atoms in total. The van der Waals surface area contributed by atoms with Crippen molar-refractivity contribution in [1.82, 2.24) is 5.32 Å². The van der Waals surface area contributed by atoms with Gasteiger partial charge in [0.1, 0.15) is 5.75 Å². The van der Waals surface area contributed by atoms with Crippen molar-refractivity contribution in [3.63, 3.8) is 0 Å². The van der Waals surface area contributed by atoms with Crippen LogP contribution in [0.15, 0.2) is 18.2 Å². The van der Waals surface area contributed by atoms with Gasteiger partial charge in [-0.15, -0.1) is 0 Å². The summed E-state index contributed by atoms with van der Waals surface area (Å²) in [5.41, 5.74) is 7.88. The van der Waals surface area contributed by atoms with Gasteiger partial charge in [0.25, 0.3) is 0 Å². The average molecular weight is 232 g/mol. The van der Waals surface area contributed by atoms with Gasteiger partial charge < -0.3 is 15.8 Å². The zero-order valence-corrected chi connectivity index (χ0v) is 9.61. The molecule has 0 aliphatic carbocycles. The smallest absolute Gasteiger partial charge is 0.222 e. The fourth-order valence-electron chi connectivity index (χ4n) is 2.77. The van der Waals surface area contributed by atoms with Crippen molar-refractivity contribution in [3.05, 3.63) is 29.3 Å². The van der Waals surface area contributed by atoms with E-state index in [2.05, 4.69) is 17.4 Å². The number of nitrogens with two attached hydrogens (primary N) is 1. The first kappa shape index (κ1) is 10.6. The van der Waals surface area contributed by atoms with Crippen LogP contribution in [0.4, 0.5) is 0 Å². The summed E-state index contributed by atoms with van der Waals surface area (Å²) in [6.45, 7) is 2.28. The number of hydrogen-bond donors (Lipinski definition) is 2. The molecule has 0 radical (unpaired) electrons. The van der Waals surface area contributed by atoms with Crippen molar-refractivity contribution in [2.75, 3.05) is 19.7 Å². The Kier molecular flexibility index (Phi) is 2.52. The maximum Gasteiger partial charge on any atom is 0.222 e. The number of carbonyl (C=O) groups is 1. The number of rotatable bonds is 2. The number of hydrogen-bond acceptors (Lipinski definition) is 3. The van der Waals surface area contributed by atoms with Gasteiger partial charge in [-0.2, -0.15) is 0 Å². The Bertz CT molecular complexity index is 459. The molecule has 90 valence electrons. The third kappa shape index (κ3) is 1.78. The van der Waals surface area contributed by atoms with Crippen LogP contribution < -0.4 is 15.8 Å². The number of benzene rings is 1. The topological polar surface area (TPSA) is 64.4 Å². The summed E-state index contributed by atoms with van der Waals surface area (Å²) < 4.78 is 5.48. The number of ether oxygens (including phenoxy) is 1. The molecule has 3 N–H and O–H groups in total. The Labute approximate surface area is 100 Å². The van der Waals surface area contributed by atoms with E-state index in [-0.39, 0.29) is 17.7 Å².